The van der Waals surface area contributed by atoms with Gasteiger partial charge in [0.05, 0.1) is 5.52 Å². The van der Waals surface area contributed by atoms with Gasteiger partial charge in [-0.1, -0.05) is 48.5 Å². The van der Waals surface area contributed by atoms with Crippen molar-refractivity contribution in [1.82, 2.24) is 9.88 Å². The fraction of sp³-hybridized carbons (Fsp3) is 0.143. The van der Waals surface area contributed by atoms with Crippen LogP contribution in [0.5, 0.6) is 5.88 Å². The number of para-hydroxylation sites is 1. The largest absolute Gasteiger partial charge is 0.493 e. The van der Waals surface area contributed by atoms with Crippen molar-refractivity contribution < 1.29 is 14.7 Å². The number of hydrogen-bond donors (Lipinski definition) is 2. The van der Waals surface area contributed by atoms with Gasteiger partial charge in [0, 0.05) is 18.0 Å². The number of fused-ring (bicyclic) bond motifs is 1. The second-order valence-corrected chi connectivity index (χ2v) is 5.99. The number of rotatable bonds is 6. The maximum atomic E-state index is 11.9. The van der Waals surface area contributed by atoms with E-state index < -0.39 is 11.8 Å². The summed E-state index contributed by atoms with van der Waals surface area (Å²) in [5, 5.41) is 21.0. The predicted molar refractivity (Wildman–Crippen MR) is 107 cm³/mol. The summed E-state index contributed by atoms with van der Waals surface area (Å²) < 4.78 is 1.68. The van der Waals surface area contributed by atoms with Gasteiger partial charge < -0.3 is 15.0 Å². The minimum Gasteiger partial charge on any atom is -0.493 e. The normalized spacial score (nSPS) is 11.5. The van der Waals surface area contributed by atoms with Gasteiger partial charge in [-0.3, -0.25) is 9.59 Å². The molecule has 142 valence electrons. The molecular weight excluding hydrogens is 356 g/mol. The molecule has 0 saturated heterocycles. The van der Waals surface area contributed by atoms with Crippen LogP contribution in [0.15, 0.2) is 70.9 Å². The quantitative estimate of drug-likeness (QED) is 0.506. The Morgan fingerprint density at radius 2 is 1.82 bits per heavy atom. The Kier molecular flexibility index (Phi) is 5.96. The monoisotopic (exact) mass is 376 g/mol. The molecule has 2 aromatic carbocycles. The predicted octanol–water partition coefficient (Wildman–Crippen LogP) is 3.81. The molecule has 0 unspecified atom stereocenters. The van der Waals surface area contributed by atoms with Gasteiger partial charge in [0.25, 0.3) is 5.91 Å². The third kappa shape index (κ3) is 4.32. The molecule has 0 saturated carbocycles. The number of nitrogens with one attached hydrogen (secondary N) is 1. The average Bonchev–Trinajstić information content (AvgIpc) is 3.00. The maximum absolute atomic E-state index is 11.9. The lowest BCUT2D eigenvalue weighted by Crippen LogP contribution is -2.26. The summed E-state index contributed by atoms with van der Waals surface area (Å²) in [5.74, 6) is -1.07. The Bertz CT molecular complexity index is 1050. The van der Waals surface area contributed by atoms with Crippen molar-refractivity contribution >= 4 is 34.5 Å². The maximum Gasteiger partial charge on any atom is 0.283 e. The van der Waals surface area contributed by atoms with Gasteiger partial charge in [-0.25, -0.2) is 0 Å². The van der Waals surface area contributed by atoms with E-state index in [1.807, 2.05) is 55.5 Å². The molecule has 2 N–H and O–H groups in total. The van der Waals surface area contributed by atoms with Crippen LogP contribution in [0.1, 0.15) is 12.5 Å². The van der Waals surface area contributed by atoms with Gasteiger partial charge in [-0.05, 0) is 24.6 Å². The number of hydrogen-bond acceptors (Lipinski definition) is 4. The minimum absolute atomic E-state index is 0.0462. The van der Waals surface area contributed by atoms with Gasteiger partial charge in [-0.2, -0.15) is 0 Å². The minimum atomic E-state index is -0.616. The van der Waals surface area contributed by atoms with E-state index in [0.717, 1.165) is 11.1 Å². The lowest BCUT2D eigenvalue weighted by molar-refractivity contribution is -0.122. The molecule has 0 aliphatic carbocycles. The standard InChI is InChI=1S/C21H20N4O3/c1-2-25-17-11-7-6-10-16(17)20(21(25)28)24-23-19(27)14-22-18(26)13-12-15-8-4-3-5-9-15/h3-13,28H,2,14H2,1H3,(H,22,26)/b13-12+,24-23?. The SMILES string of the molecule is CCn1c(O)c(N=NC(=O)CNC(=O)/C=C/c2ccccc2)c2ccccc21. The van der Waals surface area contributed by atoms with E-state index in [4.69, 9.17) is 0 Å². The van der Waals surface area contributed by atoms with Crippen LogP contribution in [0.2, 0.25) is 0 Å². The van der Waals surface area contributed by atoms with E-state index in [-0.39, 0.29) is 18.1 Å². The number of azo groups is 1. The molecule has 0 spiro atoms. The zero-order valence-electron chi connectivity index (χ0n) is 15.4. The number of benzene rings is 2. The van der Waals surface area contributed by atoms with Gasteiger partial charge in [0.1, 0.15) is 6.54 Å². The van der Waals surface area contributed by atoms with Crippen molar-refractivity contribution in [1.29, 1.82) is 0 Å². The van der Waals surface area contributed by atoms with Crippen LogP contribution >= 0.6 is 0 Å². The van der Waals surface area contributed by atoms with E-state index in [2.05, 4.69) is 15.5 Å². The molecule has 1 heterocycles. The topological polar surface area (TPSA) is 96.0 Å². The molecule has 2 amide bonds. The van der Waals surface area contributed by atoms with Gasteiger partial charge in [-0.15, -0.1) is 10.2 Å². The molecule has 0 fully saturated rings. The molecule has 0 radical (unpaired) electrons. The number of nitrogens with zero attached hydrogens (tertiary/aromatic N) is 3. The Morgan fingerprint density at radius 1 is 1.11 bits per heavy atom. The van der Waals surface area contributed by atoms with Crippen LogP contribution in [0.25, 0.3) is 17.0 Å². The second-order valence-electron chi connectivity index (χ2n) is 5.99. The molecule has 0 aliphatic heterocycles. The fourth-order valence-electron chi connectivity index (χ4n) is 2.79. The molecule has 7 heteroatoms. The average molecular weight is 376 g/mol. The van der Waals surface area contributed by atoms with E-state index in [0.29, 0.717) is 11.9 Å². The van der Waals surface area contributed by atoms with Crippen molar-refractivity contribution in [3.05, 3.63) is 66.2 Å². The van der Waals surface area contributed by atoms with Crippen molar-refractivity contribution in [2.45, 2.75) is 13.5 Å². The molecule has 28 heavy (non-hydrogen) atoms. The summed E-state index contributed by atoms with van der Waals surface area (Å²) in [6.07, 6.45) is 3.00. The molecule has 0 bridgehead atoms. The van der Waals surface area contributed by atoms with Crippen LogP contribution in [-0.4, -0.2) is 28.0 Å². The first-order valence-electron chi connectivity index (χ1n) is 8.86. The van der Waals surface area contributed by atoms with Gasteiger partial charge >= 0.3 is 0 Å². The van der Waals surface area contributed by atoms with Crippen LogP contribution in [0.3, 0.4) is 0 Å². The molecule has 1 aromatic heterocycles. The molecule has 7 nitrogen and oxygen atoms in total. The highest BCUT2D eigenvalue weighted by atomic mass is 16.3. The molecule has 3 rings (SSSR count). The third-order valence-electron chi connectivity index (χ3n) is 4.14. The summed E-state index contributed by atoms with van der Waals surface area (Å²) in [5.41, 5.74) is 1.93. The number of carbonyl (C=O) groups is 2. The lowest BCUT2D eigenvalue weighted by atomic mass is 10.2. The lowest BCUT2D eigenvalue weighted by Gasteiger charge is -2.00. The molecule has 0 atom stereocenters. The zero-order chi connectivity index (χ0) is 19.9. The molecule has 3 aromatic rings. The number of amides is 2. The van der Waals surface area contributed by atoms with Crippen LogP contribution in [-0.2, 0) is 16.1 Å². The number of aromatic nitrogens is 1. The van der Waals surface area contributed by atoms with Crippen LogP contribution in [0.4, 0.5) is 5.69 Å². The van der Waals surface area contributed by atoms with E-state index in [1.54, 1.807) is 16.7 Å². The second kappa shape index (κ2) is 8.77. The zero-order valence-corrected chi connectivity index (χ0v) is 15.4. The molecular formula is C21H20N4O3. The van der Waals surface area contributed by atoms with Gasteiger partial charge in [0.15, 0.2) is 5.69 Å². The first-order chi connectivity index (χ1) is 13.6. The van der Waals surface area contributed by atoms with E-state index in [9.17, 15) is 14.7 Å². The number of carbonyl (C=O) groups excluding carboxylic acids is 2. The summed E-state index contributed by atoms with van der Waals surface area (Å²) >= 11 is 0. The third-order valence-corrected chi connectivity index (χ3v) is 4.14. The summed E-state index contributed by atoms with van der Waals surface area (Å²) in [6, 6.07) is 16.7. The van der Waals surface area contributed by atoms with Gasteiger partial charge in [0.2, 0.25) is 11.8 Å². The van der Waals surface area contributed by atoms with Crippen molar-refractivity contribution in [3.8, 4) is 5.88 Å². The first-order valence-corrected chi connectivity index (χ1v) is 8.86. The summed E-state index contributed by atoms with van der Waals surface area (Å²) in [4.78, 5) is 23.7. The highest BCUT2D eigenvalue weighted by Gasteiger charge is 2.15. The first kappa shape index (κ1) is 19.0. The Hall–Kier alpha value is -3.74. The number of aryl methyl sites for hydroxylation is 1. The van der Waals surface area contributed by atoms with Crippen molar-refractivity contribution in [2.75, 3.05) is 6.54 Å². The summed E-state index contributed by atoms with van der Waals surface area (Å²) in [6.45, 7) is 2.17. The van der Waals surface area contributed by atoms with Crippen LogP contribution < -0.4 is 5.32 Å². The van der Waals surface area contributed by atoms with Crippen molar-refractivity contribution in [3.63, 3.8) is 0 Å². The van der Waals surface area contributed by atoms with E-state index >= 15 is 0 Å². The van der Waals surface area contributed by atoms with E-state index in [1.165, 1.54) is 6.08 Å². The fourth-order valence-corrected chi connectivity index (χ4v) is 2.79. The highest BCUT2D eigenvalue weighted by Crippen LogP contribution is 2.38. The molecule has 0 aliphatic rings. The number of aromatic hydroxyl groups is 1. The Balaban J connectivity index is 1.63. The Morgan fingerprint density at radius 3 is 2.57 bits per heavy atom. The van der Waals surface area contributed by atoms with Crippen LogP contribution in [0, 0.1) is 0 Å². The highest BCUT2D eigenvalue weighted by molar-refractivity contribution is 5.96. The van der Waals surface area contributed by atoms with Crippen molar-refractivity contribution in [2.24, 2.45) is 10.2 Å². The summed E-state index contributed by atoms with van der Waals surface area (Å²) in [7, 11) is 0. The Labute approximate surface area is 162 Å². The smallest absolute Gasteiger partial charge is 0.283 e.